The minimum atomic E-state index is -0.200. The van der Waals surface area contributed by atoms with Gasteiger partial charge in [-0.3, -0.25) is 0 Å². The van der Waals surface area contributed by atoms with Crippen LogP contribution in [0.15, 0.2) is 54.6 Å². The van der Waals surface area contributed by atoms with Crippen LogP contribution >= 0.6 is 0 Å². The Bertz CT molecular complexity index is 803. The van der Waals surface area contributed by atoms with Crippen molar-refractivity contribution in [2.75, 3.05) is 0 Å². The fourth-order valence-corrected chi connectivity index (χ4v) is 2.64. The van der Waals surface area contributed by atoms with E-state index in [4.69, 9.17) is 0 Å². The lowest BCUT2D eigenvalue weighted by atomic mass is 10.1. The number of hydrogen-bond acceptors (Lipinski definition) is 0. The fourth-order valence-electron chi connectivity index (χ4n) is 2.64. The van der Waals surface area contributed by atoms with E-state index in [1.807, 2.05) is 47.7 Å². The van der Waals surface area contributed by atoms with Crippen molar-refractivity contribution >= 4 is 0 Å². The van der Waals surface area contributed by atoms with E-state index in [-0.39, 0.29) is 5.82 Å². The van der Waals surface area contributed by atoms with Gasteiger partial charge >= 0.3 is 0 Å². The molecule has 0 aliphatic heterocycles. The molecule has 0 aliphatic rings. The third kappa shape index (κ3) is 2.35. The summed E-state index contributed by atoms with van der Waals surface area (Å²) in [4.78, 5) is 0. The van der Waals surface area contributed by atoms with Crippen LogP contribution in [0.25, 0.3) is 22.5 Å². The zero-order valence-corrected chi connectivity index (χ0v) is 12.5. The van der Waals surface area contributed by atoms with E-state index in [2.05, 4.69) is 25.1 Å². The number of nitrogens with zero attached hydrogens (tertiary/aromatic N) is 2. The molecule has 3 rings (SSSR count). The van der Waals surface area contributed by atoms with Crippen molar-refractivity contribution in [3.8, 4) is 22.5 Å². The summed E-state index contributed by atoms with van der Waals surface area (Å²) in [6.07, 6.45) is 0. The molecular weight excluding hydrogens is 263 g/mol. The Morgan fingerprint density at radius 3 is 2.48 bits per heavy atom. The first-order valence-corrected chi connectivity index (χ1v) is 6.96. The van der Waals surface area contributed by atoms with E-state index in [1.54, 1.807) is 6.07 Å². The van der Waals surface area contributed by atoms with Crippen molar-refractivity contribution < 1.29 is 9.07 Å². The number of aromatic nitrogens is 2. The van der Waals surface area contributed by atoms with Crippen LogP contribution in [-0.2, 0) is 14.1 Å². The molecule has 21 heavy (non-hydrogen) atoms. The molecule has 3 heteroatoms. The van der Waals surface area contributed by atoms with Gasteiger partial charge in [0.15, 0.2) is 7.05 Å². The number of benzene rings is 2. The van der Waals surface area contributed by atoms with Crippen molar-refractivity contribution in [2.45, 2.75) is 6.92 Å². The Labute approximate surface area is 124 Å². The zero-order valence-electron chi connectivity index (χ0n) is 12.5. The average molecular weight is 281 g/mol. The van der Waals surface area contributed by atoms with Gasteiger partial charge in [0, 0.05) is 17.2 Å². The maximum atomic E-state index is 14.0. The molecule has 0 N–H and O–H groups in total. The van der Waals surface area contributed by atoms with E-state index in [9.17, 15) is 4.39 Å². The van der Waals surface area contributed by atoms with Crippen molar-refractivity contribution in [3.05, 3.63) is 66.0 Å². The highest BCUT2D eigenvalue weighted by molar-refractivity contribution is 5.67. The van der Waals surface area contributed by atoms with Crippen LogP contribution in [-0.4, -0.2) is 4.68 Å². The molecule has 2 aromatic carbocycles. The number of aryl methyl sites for hydroxylation is 1. The Balaban J connectivity index is 2.19. The Hall–Kier alpha value is -2.42. The van der Waals surface area contributed by atoms with E-state index in [0.717, 1.165) is 17.0 Å². The minimum absolute atomic E-state index is 0.200. The molecule has 0 fully saturated rings. The van der Waals surface area contributed by atoms with Gasteiger partial charge in [-0.25, -0.2) is 4.39 Å². The monoisotopic (exact) mass is 281 g/mol. The van der Waals surface area contributed by atoms with Gasteiger partial charge in [0.25, 0.3) is 0 Å². The molecule has 3 aromatic rings. The molecule has 0 radical (unpaired) electrons. The molecular formula is C18H18FN2+. The van der Waals surface area contributed by atoms with Crippen LogP contribution in [0.4, 0.5) is 4.39 Å². The Morgan fingerprint density at radius 2 is 1.76 bits per heavy atom. The predicted octanol–water partition coefficient (Wildman–Crippen LogP) is 3.63. The molecule has 2 nitrogen and oxygen atoms in total. The van der Waals surface area contributed by atoms with Gasteiger partial charge < -0.3 is 0 Å². The van der Waals surface area contributed by atoms with Crippen LogP contribution in [0.1, 0.15) is 5.56 Å². The summed E-state index contributed by atoms with van der Waals surface area (Å²) in [7, 11) is 3.93. The molecule has 0 saturated heterocycles. The summed E-state index contributed by atoms with van der Waals surface area (Å²) in [5, 5.41) is 0. The van der Waals surface area contributed by atoms with Gasteiger partial charge in [-0.15, -0.1) is 4.68 Å². The molecule has 1 heterocycles. The molecule has 0 atom stereocenters. The summed E-state index contributed by atoms with van der Waals surface area (Å²) in [5.41, 5.74) is 4.90. The van der Waals surface area contributed by atoms with Gasteiger partial charge in [-0.05, 0) is 31.2 Å². The molecule has 0 bridgehead atoms. The Morgan fingerprint density at radius 1 is 1.00 bits per heavy atom. The minimum Gasteiger partial charge on any atom is -0.206 e. The topological polar surface area (TPSA) is 8.81 Å². The summed E-state index contributed by atoms with van der Waals surface area (Å²) in [6, 6.07) is 17.2. The third-order valence-electron chi connectivity index (χ3n) is 3.88. The van der Waals surface area contributed by atoms with Gasteiger partial charge in [0.1, 0.15) is 11.5 Å². The SMILES string of the molecule is Cc1cccc(-c2cc(-c3ccccc3F)n(C)[n+]2C)c1. The maximum absolute atomic E-state index is 14.0. The van der Waals surface area contributed by atoms with Gasteiger partial charge in [0.2, 0.25) is 5.69 Å². The van der Waals surface area contributed by atoms with Crippen LogP contribution in [0.3, 0.4) is 0 Å². The van der Waals surface area contributed by atoms with E-state index in [0.29, 0.717) is 5.56 Å². The lowest BCUT2D eigenvalue weighted by Gasteiger charge is -2.01. The summed E-state index contributed by atoms with van der Waals surface area (Å²) >= 11 is 0. The normalized spacial score (nSPS) is 10.9. The summed E-state index contributed by atoms with van der Waals surface area (Å²) < 4.78 is 18.0. The number of halogens is 1. The quantitative estimate of drug-likeness (QED) is 0.634. The molecule has 106 valence electrons. The first kappa shape index (κ1) is 13.6. The second-order valence-corrected chi connectivity index (χ2v) is 5.31. The molecule has 0 amide bonds. The Kier molecular flexibility index (Phi) is 3.34. The van der Waals surface area contributed by atoms with E-state index >= 15 is 0 Å². The molecule has 1 aromatic heterocycles. The highest BCUT2D eigenvalue weighted by atomic mass is 19.1. The smallest absolute Gasteiger partial charge is 0.206 e. The average Bonchev–Trinajstić information content (AvgIpc) is 2.76. The lowest BCUT2D eigenvalue weighted by molar-refractivity contribution is -0.740. The lowest BCUT2D eigenvalue weighted by Crippen LogP contribution is -2.39. The molecule has 0 aliphatic carbocycles. The van der Waals surface area contributed by atoms with Crippen molar-refractivity contribution in [1.29, 1.82) is 0 Å². The van der Waals surface area contributed by atoms with E-state index in [1.165, 1.54) is 11.6 Å². The highest BCUT2D eigenvalue weighted by Gasteiger charge is 2.21. The molecule has 0 unspecified atom stereocenters. The van der Waals surface area contributed by atoms with Crippen LogP contribution in [0.5, 0.6) is 0 Å². The van der Waals surface area contributed by atoms with Crippen molar-refractivity contribution in [2.24, 2.45) is 14.1 Å². The zero-order chi connectivity index (χ0) is 15.0. The van der Waals surface area contributed by atoms with Crippen LogP contribution in [0.2, 0.25) is 0 Å². The van der Waals surface area contributed by atoms with Crippen LogP contribution in [0, 0.1) is 12.7 Å². The summed E-state index contributed by atoms with van der Waals surface area (Å²) in [5.74, 6) is -0.200. The van der Waals surface area contributed by atoms with Crippen LogP contribution < -0.4 is 4.68 Å². The van der Waals surface area contributed by atoms with Crippen molar-refractivity contribution in [1.82, 2.24) is 4.68 Å². The van der Waals surface area contributed by atoms with Crippen molar-refractivity contribution in [3.63, 3.8) is 0 Å². The molecule has 0 saturated carbocycles. The molecule has 0 spiro atoms. The first-order valence-electron chi connectivity index (χ1n) is 6.96. The van der Waals surface area contributed by atoms with E-state index < -0.39 is 0 Å². The van der Waals surface area contributed by atoms with Gasteiger partial charge in [0.05, 0.1) is 7.05 Å². The number of rotatable bonds is 2. The number of hydrogen-bond donors (Lipinski definition) is 0. The predicted molar refractivity (Wildman–Crippen MR) is 82.2 cm³/mol. The third-order valence-corrected chi connectivity index (χ3v) is 3.88. The standard InChI is InChI=1S/C18H18FN2/c1-13-7-6-8-14(11-13)17-12-18(21(3)20(17)2)15-9-4-5-10-16(15)19/h4-12H,1-3H3/q+1. The largest absolute Gasteiger partial charge is 0.238 e. The maximum Gasteiger partial charge on any atom is 0.238 e. The second kappa shape index (κ2) is 5.17. The second-order valence-electron chi connectivity index (χ2n) is 5.31. The summed E-state index contributed by atoms with van der Waals surface area (Å²) in [6.45, 7) is 2.07. The van der Waals surface area contributed by atoms with Gasteiger partial charge in [-0.1, -0.05) is 29.8 Å². The first-order chi connectivity index (χ1) is 10.1. The van der Waals surface area contributed by atoms with Gasteiger partial charge in [-0.2, -0.15) is 4.68 Å². The highest BCUT2D eigenvalue weighted by Crippen LogP contribution is 2.26. The fraction of sp³-hybridized carbons (Fsp3) is 0.167.